The zero-order valence-electron chi connectivity index (χ0n) is 14.7. The molecule has 2 aromatic rings. The van der Waals surface area contributed by atoms with Gasteiger partial charge in [0, 0.05) is 12.2 Å². The van der Waals surface area contributed by atoms with Crippen molar-refractivity contribution < 1.29 is 9.53 Å². The molecule has 0 bridgehead atoms. The Morgan fingerprint density at radius 2 is 1.96 bits per heavy atom. The number of urea groups is 1. The van der Waals surface area contributed by atoms with E-state index in [0.717, 1.165) is 42.0 Å². The lowest BCUT2D eigenvalue weighted by Crippen LogP contribution is -2.28. The van der Waals surface area contributed by atoms with Crippen molar-refractivity contribution in [3.05, 3.63) is 59.2 Å². The van der Waals surface area contributed by atoms with Crippen LogP contribution >= 0.6 is 0 Å². The average Bonchev–Trinajstić information content (AvgIpc) is 2.56. The number of rotatable bonds is 7. The first-order valence-electron chi connectivity index (χ1n) is 8.42. The van der Waals surface area contributed by atoms with Crippen LogP contribution in [0.3, 0.4) is 0 Å². The van der Waals surface area contributed by atoms with Crippen LogP contribution in [0.4, 0.5) is 10.5 Å². The van der Waals surface area contributed by atoms with Gasteiger partial charge in [0.25, 0.3) is 0 Å². The number of hydrogen-bond acceptors (Lipinski definition) is 2. The molecule has 0 aliphatic carbocycles. The molecule has 2 amide bonds. The topological polar surface area (TPSA) is 50.4 Å². The summed E-state index contributed by atoms with van der Waals surface area (Å²) in [6.45, 7) is 7.36. The van der Waals surface area contributed by atoms with Crippen LogP contribution in [0.5, 0.6) is 5.75 Å². The van der Waals surface area contributed by atoms with Gasteiger partial charge in [0.05, 0.1) is 6.61 Å². The minimum atomic E-state index is -0.209. The summed E-state index contributed by atoms with van der Waals surface area (Å²) in [5.74, 6) is 0.840. The fraction of sp³-hybridized carbons (Fsp3) is 0.350. The molecular weight excluding hydrogens is 300 g/mol. The number of benzene rings is 2. The van der Waals surface area contributed by atoms with E-state index in [9.17, 15) is 4.79 Å². The highest BCUT2D eigenvalue weighted by molar-refractivity contribution is 5.90. The lowest BCUT2D eigenvalue weighted by atomic mass is 10.1. The molecule has 4 heteroatoms. The van der Waals surface area contributed by atoms with Crippen LogP contribution < -0.4 is 15.4 Å². The smallest absolute Gasteiger partial charge is 0.319 e. The normalized spacial score (nSPS) is 10.3. The number of aryl methyl sites for hydroxylation is 2. The number of nitrogens with one attached hydrogen (secondary N) is 2. The summed E-state index contributed by atoms with van der Waals surface area (Å²) in [4.78, 5) is 12.1. The zero-order chi connectivity index (χ0) is 17.4. The van der Waals surface area contributed by atoms with Gasteiger partial charge < -0.3 is 15.4 Å². The third kappa shape index (κ3) is 5.61. The van der Waals surface area contributed by atoms with Crippen molar-refractivity contribution in [1.82, 2.24) is 5.32 Å². The summed E-state index contributed by atoms with van der Waals surface area (Å²) in [5.41, 5.74) is 4.04. The molecule has 2 rings (SSSR count). The number of carbonyl (C=O) groups excluding carboxylic acids is 1. The van der Waals surface area contributed by atoms with E-state index >= 15 is 0 Å². The Bertz CT molecular complexity index is 683. The van der Waals surface area contributed by atoms with Crippen molar-refractivity contribution >= 4 is 11.7 Å². The molecule has 0 unspecified atom stereocenters. The predicted octanol–water partition coefficient (Wildman–Crippen LogP) is 4.80. The molecule has 24 heavy (non-hydrogen) atoms. The van der Waals surface area contributed by atoms with E-state index < -0.39 is 0 Å². The van der Waals surface area contributed by atoms with Gasteiger partial charge in [-0.25, -0.2) is 4.79 Å². The molecule has 2 aromatic carbocycles. The third-order valence-corrected chi connectivity index (χ3v) is 3.75. The van der Waals surface area contributed by atoms with E-state index in [1.54, 1.807) is 0 Å². The van der Waals surface area contributed by atoms with Crippen LogP contribution in [-0.2, 0) is 6.54 Å². The van der Waals surface area contributed by atoms with Crippen LogP contribution in [-0.4, -0.2) is 12.6 Å². The Labute approximate surface area is 144 Å². The van der Waals surface area contributed by atoms with Gasteiger partial charge in [-0.05, 0) is 49.6 Å². The van der Waals surface area contributed by atoms with Gasteiger partial charge in [0.2, 0.25) is 0 Å². The number of anilines is 1. The Kier molecular flexibility index (Phi) is 6.67. The Balaban J connectivity index is 1.87. The number of unbranched alkanes of at least 4 members (excludes halogenated alkanes) is 1. The number of amides is 2. The summed E-state index contributed by atoms with van der Waals surface area (Å²) < 4.78 is 5.68. The molecule has 0 aliphatic heterocycles. The Morgan fingerprint density at radius 1 is 1.12 bits per heavy atom. The summed E-state index contributed by atoms with van der Waals surface area (Å²) in [5, 5.41) is 5.76. The number of ether oxygens (including phenoxy) is 1. The summed E-state index contributed by atoms with van der Waals surface area (Å²) in [6, 6.07) is 13.6. The first-order chi connectivity index (χ1) is 11.6. The molecular formula is C20H26N2O2. The molecule has 0 saturated carbocycles. The maximum atomic E-state index is 12.1. The van der Waals surface area contributed by atoms with E-state index in [1.165, 1.54) is 5.56 Å². The van der Waals surface area contributed by atoms with Gasteiger partial charge >= 0.3 is 6.03 Å². The fourth-order valence-electron chi connectivity index (χ4n) is 2.37. The SMILES string of the molecule is CCCCOc1ccc(NC(=O)NCc2cccc(C)c2)c(C)c1. The summed E-state index contributed by atoms with van der Waals surface area (Å²) in [7, 11) is 0. The molecule has 0 heterocycles. The standard InChI is InChI=1S/C20H26N2O2/c1-4-5-11-24-18-9-10-19(16(3)13-18)22-20(23)21-14-17-8-6-7-15(2)12-17/h6-10,12-13H,4-5,11,14H2,1-3H3,(H2,21,22,23). The van der Waals surface area contributed by atoms with Crippen LogP contribution in [0.1, 0.15) is 36.5 Å². The highest BCUT2D eigenvalue weighted by Crippen LogP contribution is 2.21. The molecule has 128 valence electrons. The number of carbonyl (C=O) groups is 1. The highest BCUT2D eigenvalue weighted by Gasteiger charge is 2.06. The van der Waals surface area contributed by atoms with Gasteiger partial charge in [0.1, 0.15) is 5.75 Å². The zero-order valence-corrected chi connectivity index (χ0v) is 14.7. The second kappa shape index (κ2) is 8.96. The third-order valence-electron chi connectivity index (χ3n) is 3.75. The molecule has 0 fully saturated rings. The lowest BCUT2D eigenvalue weighted by molar-refractivity contribution is 0.251. The van der Waals surface area contributed by atoms with Gasteiger partial charge in [-0.2, -0.15) is 0 Å². The maximum absolute atomic E-state index is 12.1. The van der Waals surface area contributed by atoms with Gasteiger partial charge in [-0.3, -0.25) is 0 Å². The maximum Gasteiger partial charge on any atom is 0.319 e. The van der Waals surface area contributed by atoms with Crippen LogP contribution in [0.2, 0.25) is 0 Å². The van der Waals surface area contributed by atoms with E-state index in [4.69, 9.17) is 4.74 Å². The Hall–Kier alpha value is -2.49. The second-order valence-electron chi connectivity index (χ2n) is 5.98. The quantitative estimate of drug-likeness (QED) is 0.718. The van der Waals surface area contributed by atoms with Crippen molar-refractivity contribution in [3.8, 4) is 5.75 Å². The summed E-state index contributed by atoms with van der Waals surface area (Å²) >= 11 is 0. The fourth-order valence-corrected chi connectivity index (χ4v) is 2.37. The van der Waals surface area contributed by atoms with Crippen molar-refractivity contribution in [2.45, 2.75) is 40.2 Å². The van der Waals surface area contributed by atoms with Crippen LogP contribution in [0, 0.1) is 13.8 Å². The van der Waals surface area contributed by atoms with E-state index in [1.807, 2.05) is 50.2 Å². The largest absolute Gasteiger partial charge is 0.494 e. The highest BCUT2D eigenvalue weighted by atomic mass is 16.5. The molecule has 0 atom stereocenters. The second-order valence-corrected chi connectivity index (χ2v) is 5.98. The molecule has 0 aromatic heterocycles. The Morgan fingerprint density at radius 3 is 2.67 bits per heavy atom. The van der Waals surface area contributed by atoms with E-state index in [0.29, 0.717) is 6.54 Å². The molecule has 4 nitrogen and oxygen atoms in total. The van der Waals surface area contributed by atoms with Crippen molar-refractivity contribution in [3.63, 3.8) is 0 Å². The van der Waals surface area contributed by atoms with Crippen LogP contribution in [0.25, 0.3) is 0 Å². The average molecular weight is 326 g/mol. The number of hydrogen-bond donors (Lipinski definition) is 2. The monoisotopic (exact) mass is 326 g/mol. The van der Waals surface area contributed by atoms with E-state index in [-0.39, 0.29) is 6.03 Å². The molecule has 2 N–H and O–H groups in total. The van der Waals surface area contributed by atoms with Crippen molar-refractivity contribution in [2.24, 2.45) is 0 Å². The van der Waals surface area contributed by atoms with Gasteiger partial charge in [-0.1, -0.05) is 43.2 Å². The molecule has 0 spiro atoms. The minimum Gasteiger partial charge on any atom is -0.494 e. The van der Waals surface area contributed by atoms with Crippen LogP contribution in [0.15, 0.2) is 42.5 Å². The molecule has 0 aliphatic rings. The van der Waals surface area contributed by atoms with Crippen molar-refractivity contribution in [1.29, 1.82) is 0 Å². The predicted molar refractivity (Wildman–Crippen MR) is 98.6 cm³/mol. The molecule has 0 saturated heterocycles. The minimum absolute atomic E-state index is 0.209. The van der Waals surface area contributed by atoms with Gasteiger partial charge in [0.15, 0.2) is 0 Å². The molecule has 0 radical (unpaired) electrons. The summed E-state index contributed by atoms with van der Waals surface area (Å²) in [6.07, 6.45) is 2.15. The van der Waals surface area contributed by atoms with Crippen molar-refractivity contribution in [2.75, 3.05) is 11.9 Å². The first kappa shape index (κ1) is 17.9. The van der Waals surface area contributed by atoms with Gasteiger partial charge in [-0.15, -0.1) is 0 Å². The first-order valence-corrected chi connectivity index (χ1v) is 8.42. The lowest BCUT2D eigenvalue weighted by Gasteiger charge is -2.12. The van der Waals surface area contributed by atoms with E-state index in [2.05, 4.69) is 23.6 Å².